The van der Waals surface area contributed by atoms with Crippen molar-refractivity contribution in [3.05, 3.63) is 28.7 Å². The van der Waals surface area contributed by atoms with Gasteiger partial charge in [0.15, 0.2) is 0 Å². The molecule has 1 aromatic rings. The van der Waals surface area contributed by atoms with E-state index in [1.165, 1.54) is 0 Å². The van der Waals surface area contributed by atoms with Crippen molar-refractivity contribution in [3.63, 3.8) is 0 Å². The van der Waals surface area contributed by atoms with Crippen LogP contribution in [0.3, 0.4) is 0 Å². The fourth-order valence-corrected chi connectivity index (χ4v) is 2.30. The number of rotatable bonds is 4. The van der Waals surface area contributed by atoms with E-state index < -0.39 is 0 Å². The second-order valence-electron chi connectivity index (χ2n) is 2.52. The van der Waals surface area contributed by atoms with Crippen LogP contribution in [0.5, 0.6) is 0 Å². The second-order valence-corrected chi connectivity index (χ2v) is 4.61. The number of nitrogens with two attached hydrogens (primary N) is 1. The third-order valence-electron chi connectivity index (χ3n) is 1.41. The van der Waals surface area contributed by atoms with Crippen LogP contribution in [0.4, 0.5) is 0 Å². The molecule has 0 atom stereocenters. The molecule has 0 radical (unpaired) electrons. The summed E-state index contributed by atoms with van der Waals surface area (Å²) in [4.78, 5) is 11.6. The van der Waals surface area contributed by atoms with Crippen molar-refractivity contribution in [3.8, 4) is 0 Å². The number of halogens is 1. The van der Waals surface area contributed by atoms with E-state index in [2.05, 4.69) is 15.9 Å². The van der Waals surface area contributed by atoms with Gasteiger partial charge < -0.3 is 5.73 Å². The topological polar surface area (TPSA) is 43.1 Å². The van der Waals surface area contributed by atoms with Gasteiger partial charge in [-0.3, -0.25) is 4.79 Å². The molecule has 1 rings (SSSR count). The highest BCUT2D eigenvalue weighted by atomic mass is 79.9. The Morgan fingerprint density at radius 1 is 1.54 bits per heavy atom. The lowest BCUT2D eigenvalue weighted by atomic mass is 10.4. The van der Waals surface area contributed by atoms with Crippen LogP contribution in [-0.4, -0.2) is 11.7 Å². The van der Waals surface area contributed by atoms with Crippen molar-refractivity contribution in [2.45, 2.75) is 11.3 Å². The number of hydrogen-bond acceptors (Lipinski definition) is 2. The molecule has 13 heavy (non-hydrogen) atoms. The van der Waals surface area contributed by atoms with Gasteiger partial charge in [0.2, 0.25) is 5.91 Å². The molecule has 0 saturated heterocycles. The summed E-state index contributed by atoms with van der Waals surface area (Å²) in [5, 5.41) is 0. The summed E-state index contributed by atoms with van der Waals surface area (Å²) in [6.07, 6.45) is 0.428. The smallest absolute Gasteiger partial charge is 0.218 e. The number of amides is 1. The molecule has 0 saturated carbocycles. The van der Waals surface area contributed by atoms with Crippen LogP contribution < -0.4 is 5.73 Å². The van der Waals surface area contributed by atoms with Crippen molar-refractivity contribution in [1.82, 2.24) is 0 Å². The first-order valence-corrected chi connectivity index (χ1v) is 5.63. The first-order chi connectivity index (χ1) is 6.18. The van der Waals surface area contributed by atoms with Gasteiger partial charge in [-0.1, -0.05) is 22.0 Å². The minimum absolute atomic E-state index is 0.248. The van der Waals surface area contributed by atoms with Gasteiger partial charge in [0.1, 0.15) is 0 Å². The average molecular weight is 260 g/mol. The van der Waals surface area contributed by atoms with Crippen LogP contribution in [-0.2, 0) is 4.79 Å². The van der Waals surface area contributed by atoms with E-state index >= 15 is 0 Å². The summed E-state index contributed by atoms with van der Waals surface area (Å²) in [6, 6.07) is 7.97. The van der Waals surface area contributed by atoms with E-state index in [9.17, 15) is 4.79 Å². The minimum Gasteiger partial charge on any atom is -0.370 e. The number of carbonyl (C=O) groups excluding carboxylic acids is 1. The molecule has 0 spiro atoms. The molecule has 2 N–H and O–H groups in total. The van der Waals surface area contributed by atoms with Crippen LogP contribution in [0.25, 0.3) is 0 Å². The lowest BCUT2D eigenvalue weighted by Gasteiger charge is -1.99. The Balaban J connectivity index is 2.41. The second kappa shape index (κ2) is 5.29. The maximum Gasteiger partial charge on any atom is 0.218 e. The van der Waals surface area contributed by atoms with Gasteiger partial charge in [-0.2, -0.15) is 0 Å². The number of thioether (sulfide) groups is 1. The molecule has 4 heteroatoms. The molecule has 0 heterocycles. The maximum absolute atomic E-state index is 10.5. The fraction of sp³-hybridized carbons (Fsp3) is 0.222. The zero-order chi connectivity index (χ0) is 9.68. The summed E-state index contributed by atoms with van der Waals surface area (Å²) in [7, 11) is 0. The van der Waals surface area contributed by atoms with Crippen molar-refractivity contribution < 1.29 is 4.79 Å². The van der Waals surface area contributed by atoms with E-state index in [-0.39, 0.29) is 5.91 Å². The lowest BCUT2D eigenvalue weighted by Crippen LogP contribution is -2.10. The Labute approximate surface area is 90.0 Å². The highest BCUT2D eigenvalue weighted by molar-refractivity contribution is 9.10. The normalized spacial score (nSPS) is 9.92. The van der Waals surface area contributed by atoms with E-state index in [4.69, 9.17) is 5.73 Å². The van der Waals surface area contributed by atoms with Gasteiger partial charge in [-0.15, -0.1) is 11.8 Å². The maximum atomic E-state index is 10.5. The quantitative estimate of drug-likeness (QED) is 0.845. The summed E-state index contributed by atoms with van der Waals surface area (Å²) < 4.78 is 1.05. The van der Waals surface area contributed by atoms with Gasteiger partial charge in [0.25, 0.3) is 0 Å². The standard InChI is InChI=1S/C9H10BrNOS/c10-7-2-1-3-8(6-7)13-5-4-9(11)12/h1-3,6H,4-5H2,(H2,11,12). The largest absolute Gasteiger partial charge is 0.370 e. The summed E-state index contributed by atoms with van der Waals surface area (Å²) in [5.41, 5.74) is 5.02. The predicted molar refractivity (Wildman–Crippen MR) is 58.7 cm³/mol. The monoisotopic (exact) mass is 259 g/mol. The van der Waals surface area contributed by atoms with Crippen molar-refractivity contribution >= 4 is 33.6 Å². The number of primary amides is 1. The molecule has 0 fully saturated rings. The van der Waals surface area contributed by atoms with Crippen molar-refractivity contribution in [2.24, 2.45) is 5.73 Å². The molecule has 1 amide bonds. The zero-order valence-corrected chi connectivity index (χ0v) is 9.40. The molecule has 2 nitrogen and oxygen atoms in total. The van der Waals surface area contributed by atoms with Crippen LogP contribution in [0.1, 0.15) is 6.42 Å². The van der Waals surface area contributed by atoms with Crippen molar-refractivity contribution in [2.75, 3.05) is 5.75 Å². The molecule has 0 aliphatic rings. The zero-order valence-electron chi connectivity index (χ0n) is 7.00. The van der Waals surface area contributed by atoms with E-state index in [1.54, 1.807) is 11.8 Å². The highest BCUT2D eigenvalue weighted by Gasteiger charge is 1.97. The fourth-order valence-electron chi connectivity index (χ4n) is 0.826. The van der Waals surface area contributed by atoms with E-state index in [1.807, 2.05) is 24.3 Å². The van der Waals surface area contributed by atoms with Crippen molar-refractivity contribution in [1.29, 1.82) is 0 Å². The molecule has 1 aromatic carbocycles. The van der Waals surface area contributed by atoms with Gasteiger partial charge >= 0.3 is 0 Å². The van der Waals surface area contributed by atoms with E-state index in [0.29, 0.717) is 6.42 Å². The van der Waals surface area contributed by atoms with Crippen LogP contribution >= 0.6 is 27.7 Å². The summed E-state index contributed by atoms with van der Waals surface area (Å²) >= 11 is 5.01. The predicted octanol–water partition coefficient (Wildman–Crippen LogP) is 2.42. The third-order valence-corrected chi connectivity index (χ3v) is 2.90. The Kier molecular flexibility index (Phi) is 4.32. The number of carbonyl (C=O) groups is 1. The molecule has 0 bridgehead atoms. The molecule has 0 aliphatic heterocycles. The number of hydrogen-bond donors (Lipinski definition) is 1. The number of benzene rings is 1. The molecule has 0 unspecified atom stereocenters. The van der Waals surface area contributed by atoms with Crippen LogP contribution in [0, 0.1) is 0 Å². The average Bonchev–Trinajstić information content (AvgIpc) is 2.03. The lowest BCUT2D eigenvalue weighted by molar-refractivity contribution is -0.117. The summed E-state index contributed by atoms with van der Waals surface area (Å²) in [5.74, 6) is 0.494. The molecular formula is C9H10BrNOS. The molecule has 70 valence electrons. The molecule has 0 aliphatic carbocycles. The first kappa shape index (κ1) is 10.6. The van der Waals surface area contributed by atoms with Crippen LogP contribution in [0.15, 0.2) is 33.6 Å². The molecule has 0 aromatic heterocycles. The van der Waals surface area contributed by atoms with E-state index in [0.717, 1.165) is 15.1 Å². The SMILES string of the molecule is NC(=O)CCSc1cccc(Br)c1. The Morgan fingerprint density at radius 2 is 2.31 bits per heavy atom. The Morgan fingerprint density at radius 3 is 2.92 bits per heavy atom. The Bertz CT molecular complexity index is 303. The highest BCUT2D eigenvalue weighted by Crippen LogP contribution is 2.22. The minimum atomic E-state index is -0.248. The Hall–Kier alpha value is -0.480. The van der Waals surface area contributed by atoms with Crippen LogP contribution in [0.2, 0.25) is 0 Å². The van der Waals surface area contributed by atoms with Gasteiger partial charge in [0, 0.05) is 21.5 Å². The van der Waals surface area contributed by atoms with Gasteiger partial charge in [-0.05, 0) is 18.2 Å². The first-order valence-electron chi connectivity index (χ1n) is 3.85. The summed E-state index contributed by atoms with van der Waals surface area (Å²) in [6.45, 7) is 0. The van der Waals surface area contributed by atoms with Gasteiger partial charge in [-0.25, -0.2) is 0 Å². The third kappa shape index (κ3) is 4.33. The molecular weight excluding hydrogens is 250 g/mol. The van der Waals surface area contributed by atoms with Gasteiger partial charge in [0.05, 0.1) is 0 Å².